The zero-order valence-electron chi connectivity index (χ0n) is 20.1. The number of carbonyl (C=O) groups excluding carboxylic acids is 2. The average molecular weight is 473 g/mol. The van der Waals surface area contributed by atoms with E-state index in [-0.39, 0.29) is 0 Å². The van der Waals surface area contributed by atoms with Gasteiger partial charge in [-0.05, 0) is 50.0 Å². The molecule has 35 heavy (non-hydrogen) atoms. The van der Waals surface area contributed by atoms with Crippen molar-refractivity contribution in [2.75, 3.05) is 31.7 Å². The number of carbonyl (C=O) groups is 2. The van der Waals surface area contributed by atoms with Crippen LogP contribution >= 0.6 is 0 Å². The summed E-state index contributed by atoms with van der Waals surface area (Å²) in [4.78, 5) is 29.3. The van der Waals surface area contributed by atoms with Crippen molar-refractivity contribution in [1.82, 2.24) is 15.3 Å². The number of nitrogen functional groups attached to an aromatic ring is 1. The fourth-order valence-electron chi connectivity index (χ4n) is 3.13. The number of nitrogens with two attached hydrogens (primary N) is 2. The van der Waals surface area contributed by atoms with E-state index in [1.165, 1.54) is 7.05 Å². The molecule has 0 spiro atoms. The number of anilines is 2. The van der Waals surface area contributed by atoms with Gasteiger partial charge in [-0.2, -0.15) is 0 Å². The molecule has 8 heteroatoms. The highest BCUT2D eigenvalue weighted by Gasteiger charge is 2.06. The topological polar surface area (TPSA) is 136 Å². The van der Waals surface area contributed by atoms with Crippen LogP contribution in [0.4, 0.5) is 11.5 Å². The third kappa shape index (κ3) is 8.29. The summed E-state index contributed by atoms with van der Waals surface area (Å²) in [5.41, 5.74) is 15.6. The molecule has 4 rings (SSSR count). The van der Waals surface area contributed by atoms with Crippen LogP contribution in [0, 0.1) is 0 Å². The minimum atomic E-state index is 0.589. The fraction of sp³-hybridized carbons (Fsp3) is 0.185. The lowest BCUT2D eigenvalue weighted by molar-refractivity contribution is -0.107. The molecule has 2 aromatic carbocycles. The van der Waals surface area contributed by atoms with Crippen molar-refractivity contribution in [3.8, 4) is 11.3 Å². The van der Waals surface area contributed by atoms with Crippen LogP contribution in [0.1, 0.15) is 22.3 Å². The molecule has 0 saturated carbocycles. The maximum absolute atomic E-state index is 10.8. The Balaban J connectivity index is 0.000000474. The second kappa shape index (κ2) is 14.9. The summed E-state index contributed by atoms with van der Waals surface area (Å²) in [6.45, 7) is 1.40. The van der Waals surface area contributed by atoms with Gasteiger partial charge >= 0.3 is 0 Å². The third-order valence-corrected chi connectivity index (χ3v) is 4.91. The van der Waals surface area contributed by atoms with Gasteiger partial charge in [-0.25, -0.2) is 4.98 Å². The molecule has 0 amide bonds. The van der Waals surface area contributed by atoms with Crippen LogP contribution in [0.3, 0.4) is 0 Å². The summed E-state index contributed by atoms with van der Waals surface area (Å²) < 4.78 is 0. The number of rotatable bonds is 8. The molecular formula is C27H32N6O2. The number of aldehydes is 2. The Morgan fingerprint density at radius 3 is 2.40 bits per heavy atom. The van der Waals surface area contributed by atoms with Crippen LogP contribution in [-0.4, -0.2) is 43.2 Å². The minimum Gasteiger partial charge on any atom is -0.396 e. The summed E-state index contributed by atoms with van der Waals surface area (Å²) >= 11 is 0. The van der Waals surface area contributed by atoms with Crippen molar-refractivity contribution in [3.63, 3.8) is 0 Å². The summed E-state index contributed by atoms with van der Waals surface area (Å²) in [7, 11) is 3.32. The van der Waals surface area contributed by atoms with Crippen molar-refractivity contribution in [3.05, 3.63) is 84.1 Å². The predicted molar refractivity (Wildman–Crippen MR) is 143 cm³/mol. The standard InChI is InChI=1S/C22H18N4O.C4H9NO.CH5N/c23-19-8-10-21(17-6-3-15(14-27)4-7-17)26-22(19)25-13-16-5-9-20-18(12-16)2-1-11-24-20;1-5-3-2-4-6;1-2/h1-12,14H,13,23H2,(H,25,26);4-5H,2-3H2,1H3;2H2,1H3. The normalized spacial score (nSPS) is 9.80. The molecule has 0 bridgehead atoms. The molecule has 0 atom stereocenters. The summed E-state index contributed by atoms with van der Waals surface area (Å²) in [5, 5.41) is 7.25. The van der Waals surface area contributed by atoms with Gasteiger partial charge < -0.3 is 26.9 Å². The third-order valence-electron chi connectivity index (χ3n) is 4.91. The van der Waals surface area contributed by atoms with E-state index in [1.54, 1.807) is 18.3 Å². The largest absolute Gasteiger partial charge is 0.396 e. The van der Waals surface area contributed by atoms with Gasteiger partial charge in [0.25, 0.3) is 0 Å². The molecule has 6 N–H and O–H groups in total. The molecule has 0 radical (unpaired) electrons. The first kappa shape index (κ1) is 27.1. The van der Waals surface area contributed by atoms with E-state index in [9.17, 15) is 9.59 Å². The van der Waals surface area contributed by atoms with Crippen LogP contribution < -0.4 is 22.1 Å². The number of pyridine rings is 2. The summed E-state index contributed by atoms with van der Waals surface area (Å²) in [5.74, 6) is 0.637. The molecular weight excluding hydrogens is 440 g/mol. The average Bonchev–Trinajstić information content (AvgIpc) is 2.93. The van der Waals surface area contributed by atoms with Gasteiger partial charge in [0, 0.05) is 42.2 Å². The molecule has 182 valence electrons. The highest BCUT2D eigenvalue weighted by Crippen LogP contribution is 2.24. The van der Waals surface area contributed by atoms with Crippen LogP contribution in [0.25, 0.3) is 22.2 Å². The Morgan fingerprint density at radius 2 is 1.74 bits per heavy atom. The maximum Gasteiger partial charge on any atom is 0.150 e. The van der Waals surface area contributed by atoms with Crippen LogP contribution in [0.15, 0.2) is 72.9 Å². The summed E-state index contributed by atoms with van der Waals surface area (Å²) in [6, 6.07) is 21.1. The van der Waals surface area contributed by atoms with Gasteiger partial charge in [0.15, 0.2) is 0 Å². The molecule has 4 aromatic rings. The number of hydrogen-bond acceptors (Lipinski definition) is 8. The van der Waals surface area contributed by atoms with Crippen LogP contribution in [0.5, 0.6) is 0 Å². The Hall–Kier alpha value is -4.14. The molecule has 2 heterocycles. The lowest BCUT2D eigenvalue weighted by atomic mass is 10.1. The van der Waals surface area contributed by atoms with E-state index in [0.717, 1.165) is 46.8 Å². The minimum absolute atomic E-state index is 0.589. The van der Waals surface area contributed by atoms with E-state index in [2.05, 4.69) is 32.4 Å². The van der Waals surface area contributed by atoms with Gasteiger partial charge in [-0.15, -0.1) is 0 Å². The highest BCUT2D eigenvalue weighted by molar-refractivity contribution is 5.79. The molecule has 0 fully saturated rings. The zero-order valence-corrected chi connectivity index (χ0v) is 20.1. The van der Waals surface area contributed by atoms with E-state index < -0.39 is 0 Å². The molecule has 2 aromatic heterocycles. The van der Waals surface area contributed by atoms with Crippen LogP contribution in [0.2, 0.25) is 0 Å². The second-order valence-electron chi connectivity index (χ2n) is 7.32. The zero-order chi connectivity index (χ0) is 25.5. The fourth-order valence-corrected chi connectivity index (χ4v) is 3.13. The maximum atomic E-state index is 10.8. The second-order valence-corrected chi connectivity index (χ2v) is 7.32. The Labute approximate surface area is 205 Å². The number of nitrogens with zero attached hydrogens (tertiary/aromatic N) is 2. The van der Waals surface area contributed by atoms with Gasteiger partial charge in [-0.3, -0.25) is 9.78 Å². The van der Waals surface area contributed by atoms with E-state index in [1.807, 2.05) is 55.6 Å². The lowest BCUT2D eigenvalue weighted by Gasteiger charge is -2.11. The quantitative estimate of drug-likeness (QED) is 0.225. The molecule has 0 saturated heterocycles. The number of hydrogen-bond donors (Lipinski definition) is 4. The first-order valence-electron chi connectivity index (χ1n) is 11.2. The van der Waals surface area contributed by atoms with Gasteiger partial charge in [0.05, 0.1) is 16.9 Å². The molecule has 0 aliphatic rings. The highest BCUT2D eigenvalue weighted by atomic mass is 16.1. The van der Waals surface area contributed by atoms with Gasteiger partial charge in [0.1, 0.15) is 18.4 Å². The first-order valence-corrected chi connectivity index (χ1v) is 11.2. The van der Waals surface area contributed by atoms with Crippen molar-refractivity contribution in [2.24, 2.45) is 5.73 Å². The van der Waals surface area contributed by atoms with E-state index in [0.29, 0.717) is 30.0 Å². The van der Waals surface area contributed by atoms with Crippen LogP contribution in [-0.2, 0) is 11.3 Å². The van der Waals surface area contributed by atoms with Crippen molar-refractivity contribution < 1.29 is 9.59 Å². The first-order chi connectivity index (χ1) is 17.1. The van der Waals surface area contributed by atoms with Gasteiger partial charge in [-0.1, -0.05) is 36.4 Å². The molecule has 0 unspecified atom stereocenters. The SMILES string of the molecule is CN.CNCCC=O.Nc1ccc(-c2ccc(C=O)cc2)nc1NCc1ccc2ncccc2c1. The monoisotopic (exact) mass is 472 g/mol. The molecule has 8 nitrogen and oxygen atoms in total. The molecule has 0 aliphatic carbocycles. The van der Waals surface area contributed by atoms with Gasteiger partial charge in [0.2, 0.25) is 0 Å². The van der Waals surface area contributed by atoms with E-state index in [4.69, 9.17) is 5.73 Å². The number of benzene rings is 2. The Bertz CT molecular complexity index is 1210. The van der Waals surface area contributed by atoms with Crippen molar-refractivity contribution in [1.29, 1.82) is 0 Å². The smallest absolute Gasteiger partial charge is 0.150 e. The summed E-state index contributed by atoms with van der Waals surface area (Å²) in [6.07, 6.45) is 4.14. The predicted octanol–water partition coefficient (Wildman–Crippen LogP) is 3.67. The number of aromatic nitrogens is 2. The molecule has 0 aliphatic heterocycles. The lowest BCUT2D eigenvalue weighted by Crippen LogP contribution is -2.07. The number of fused-ring (bicyclic) bond motifs is 1. The van der Waals surface area contributed by atoms with Crippen molar-refractivity contribution >= 4 is 35.0 Å². The Kier molecular flexibility index (Phi) is 11.5. The number of nitrogens with one attached hydrogen (secondary N) is 2. The van der Waals surface area contributed by atoms with Crippen molar-refractivity contribution in [2.45, 2.75) is 13.0 Å². The van der Waals surface area contributed by atoms with E-state index >= 15 is 0 Å². The Morgan fingerprint density at radius 1 is 0.971 bits per heavy atom.